The van der Waals surface area contributed by atoms with Crippen molar-refractivity contribution >= 4 is 17.4 Å². The number of fused-ring (bicyclic) bond motifs is 1. The summed E-state index contributed by atoms with van der Waals surface area (Å²) < 4.78 is 15.8. The highest BCUT2D eigenvalue weighted by Gasteiger charge is 2.44. The van der Waals surface area contributed by atoms with Gasteiger partial charge in [-0.15, -0.1) is 0 Å². The summed E-state index contributed by atoms with van der Waals surface area (Å²) in [5, 5.41) is 10.9. The first-order valence-electron chi connectivity index (χ1n) is 8.30. The number of rotatable bonds is 3. The number of likely N-dealkylation sites (N-methyl/N-ethyl adjacent to an activating group) is 1. The van der Waals surface area contributed by atoms with Crippen LogP contribution in [0.25, 0.3) is 5.76 Å². The maximum atomic E-state index is 12.6. The highest BCUT2D eigenvalue weighted by atomic mass is 16.7. The van der Waals surface area contributed by atoms with Gasteiger partial charge in [0.1, 0.15) is 11.5 Å². The molecule has 138 valence electrons. The number of hydrogen-bond acceptors (Lipinski definition) is 6. The topological polar surface area (TPSA) is 85.3 Å². The first kappa shape index (κ1) is 17.0. The molecule has 7 heteroatoms. The van der Waals surface area contributed by atoms with Crippen LogP contribution in [-0.4, -0.2) is 42.6 Å². The van der Waals surface area contributed by atoms with Gasteiger partial charge in [0, 0.05) is 12.6 Å². The molecule has 27 heavy (non-hydrogen) atoms. The summed E-state index contributed by atoms with van der Waals surface area (Å²) >= 11 is 0. The molecule has 0 aromatic heterocycles. The average molecular weight is 367 g/mol. The lowest BCUT2D eigenvalue weighted by atomic mass is 9.95. The molecule has 1 unspecified atom stereocenters. The third-order valence-electron chi connectivity index (χ3n) is 4.73. The van der Waals surface area contributed by atoms with E-state index in [1.54, 1.807) is 42.5 Å². The van der Waals surface area contributed by atoms with Gasteiger partial charge < -0.3 is 24.2 Å². The van der Waals surface area contributed by atoms with Crippen LogP contribution in [0.1, 0.15) is 17.2 Å². The van der Waals surface area contributed by atoms with Crippen LogP contribution in [0.15, 0.2) is 48.0 Å². The molecule has 1 atom stereocenters. The number of ether oxygens (including phenoxy) is 3. The highest BCUT2D eigenvalue weighted by Crippen LogP contribution is 2.41. The Morgan fingerprint density at radius 2 is 1.93 bits per heavy atom. The van der Waals surface area contributed by atoms with E-state index in [4.69, 9.17) is 14.2 Å². The summed E-state index contributed by atoms with van der Waals surface area (Å²) in [6.07, 6.45) is 0. The Labute approximate surface area is 155 Å². The minimum absolute atomic E-state index is 0.0228. The van der Waals surface area contributed by atoms with Crippen LogP contribution in [0, 0.1) is 0 Å². The zero-order chi connectivity index (χ0) is 19.1. The number of amides is 1. The van der Waals surface area contributed by atoms with Crippen LogP contribution in [0.2, 0.25) is 0 Å². The number of Topliss-reactive ketones (excluding diaryl/α,β-unsaturated/α-hetero) is 1. The average Bonchev–Trinajstić information content (AvgIpc) is 3.25. The zero-order valence-electron chi connectivity index (χ0n) is 14.8. The summed E-state index contributed by atoms with van der Waals surface area (Å²) in [5.74, 6) is -0.0430. The van der Waals surface area contributed by atoms with E-state index in [-0.39, 0.29) is 18.1 Å². The van der Waals surface area contributed by atoms with Gasteiger partial charge in [-0.2, -0.15) is 0 Å². The number of ketones is 1. The van der Waals surface area contributed by atoms with Crippen molar-refractivity contribution in [3.63, 3.8) is 0 Å². The van der Waals surface area contributed by atoms with E-state index in [2.05, 4.69) is 0 Å². The summed E-state index contributed by atoms with van der Waals surface area (Å²) in [5.41, 5.74) is 1.06. The van der Waals surface area contributed by atoms with Crippen molar-refractivity contribution in [3.8, 4) is 17.2 Å². The fourth-order valence-electron chi connectivity index (χ4n) is 3.35. The van der Waals surface area contributed by atoms with Crippen LogP contribution in [0.4, 0.5) is 0 Å². The number of nitrogens with zero attached hydrogens (tertiary/aromatic N) is 1. The van der Waals surface area contributed by atoms with Crippen molar-refractivity contribution in [1.82, 2.24) is 4.90 Å². The molecule has 2 aromatic carbocycles. The Hall–Kier alpha value is -3.48. The van der Waals surface area contributed by atoms with E-state index in [1.807, 2.05) is 0 Å². The molecular formula is C20H17NO6. The van der Waals surface area contributed by atoms with Crippen LogP contribution in [0.5, 0.6) is 17.2 Å². The lowest BCUT2D eigenvalue weighted by Gasteiger charge is -2.21. The van der Waals surface area contributed by atoms with Gasteiger partial charge in [-0.25, -0.2) is 0 Å². The minimum Gasteiger partial charge on any atom is -0.507 e. The second-order valence-corrected chi connectivity index (χ2v) is 6.25. The standard InChI is InChI=1S/C20H17NO6/c1-21-17(11-4-3-5-13(8-11)25-2)16(19(23)20(21)24)18(22)12-6-7-14-15(9-12)27-10-26-14/h3-9,17,22H,10H2,1-2H3/b18-16+. The van der Waals surface area contributed by atoms with Gasteiger partial charge in [0.2, 0.25) is 6.79 Å². The molecule has 2 aliphatic heterocycles. The fourth-order valence-corrected chi connectivity index (χ4v) is 3.35. The van der Waals surface area contributed by atoms with Crippen molar-refractivity contribution < 1.29 is 28.9 Å². The number of carbonyl (C=O) groups excluding carboxylic acids is 2. The summed E-state index contributed by atoms with van der Waals surface area (Å²) in [6.45, 7) is 0.0999. The predicted molar refractivity (Wildman–Crippen MR) is 95.6 cm³/mol. The Morgan fingerprint density at radius 1 is 1.15 bits per heavy atom. The van der Waals surface area contributed by atoms with E-state index in [0.717, 1.165) is 0 Å². The largest absolute Gasteiger partial charge is 0.507 e. The summed E-state index contributed by atoms with van der Waals surface area (Å²) in [4.78, 5) is 26.3. The van der Waals surface area contributed by atoms with Gasteiger partial charge in [-0.1, -0.05) is 12.1 Å². The summed E-state index contributed by atoms with van der Waals surface area (Å²) in [6, 6.07) is 11.2. The first-order valence-corrected chi connectivity index (χ1v) is 8.30. The second-order valence-electron chi connectivity index (χ2n) is 6.25. The molecule has 7 nitrogen and oxygen atoms in total. The molecular weight excluding hydrogens is 350 g/mol. The van der Waals surface area contributed by atoms with Crippen molar-refractivity contribution in [2.75, 3.05) is 21.0 Å². The lowest BCUT2D eigenvalue weighted by Crippen LogP contribution is -2.24. The van der Waals surface area contributed by atoms with Crippen molar-refractivity contribution in [2.45, 2.75) is 6.04 Å². The number of methoxy groups -OCH3 is 1. The van der Waals surface area contributed by atoms with Crippen LogP contribution >= 0.6 is 0 Å². The van der Waals surface area contributed by atoms with E-state index in [1.165, 1.54) is 19.1 Å². The van der Waals surface area contributed by atoms with Crippen molar-refractivity contribution in [3.05, 3.63) is 59.2 Å². The SMILES string of the molecule is COc1cccc(C2/C(=C(\O)c3ccc4c(c3)OCO4)C(=O)C(=O)N2C)c1. The predicted octanol–water partition coefficient (Wildman–Crippen LogP) is 2.48. The van der Waals surface area contributed by atoms with E-state index >= 15 is 0 Å². The molecule has 1 N–H and O–H groups in total. The molecule has 2 aromatic rings. The number of hydrogen-bond donors (Lipinski definition) is 1. The Balaban J connectivity index is 1.85. The lowest BCUT2D eigenvalue weighted by molar-refractivity contribution is -0.139. The maximum absolute atomic E-state index is 12.6. The Bertz CT molecular complexity index is 980. The highest BCUT2D eigenvalue weighted by molar-refractivity contribution is 6.46. The molecule has 0 bridgehead atoms. The van der Waals surface area contributed by atoms with Gasteiger partial charge in [0.25, 0.3) is 11.7 Å². The molecule has 1 fully saturated rings. The third kappa shape index (κ3) is 2.68. The van der Waals surface area contributed by atoms with Gasteiger partial charge in [-0.05, 0) is 35.9 Å². The second kappa shape index (κ2) is 6.35. The van der Waals surface area contributed by atoms with Crippen LogP contribution in [0.3, 0.4) is 0 Å². The van der Waals surface area contributed by atoms with Gasteiger partial charge >= 0.3 is 0 Å². The minimum atomic E-state index is -0.736. The van der Waals surface area contributed by atoms with Crippen molar-refractivity contribution in [1.29, 1.82) is 0 Å². The van der Waals surface area contributed by atoms with Crippen LogP contribution < -0.4 is 14.2 Å². The quantitative estimate of drug-likeness (QED) is 0.510. The van der Waals surface area contributed by atoms with Crippen molar-refractivity contribution in [2.24, 2.45) is 0 Å². The first-order chi connectivity index (χ1) is 13.0. The smallest absolute Gasteiger partial charge is 0.295 e. The number of benzene rings is 2. The van der Waals surface area contributed by atoms with Gasteiger partial charge in [-0.3, -0.25) is 9.59 Å². The molecule has 0 spiro atoms. The van der Waals surface area contributed by atoms with Crippen LogP contribution in [-0.2, 0) is 9.59 Å². The van der Waals surface area contributed by atoms with Gasteiger partial charge in [0.05, 0.1) is 18.7 Å². The Kier molecular flexibility index (Phi) is 3.99. The number of aliphatic hydroxyl groups excluding tert-OH is 1. The molecule has 1 amide bonds. The number of aliphatic hydroxyl groups is 1. The Morgan fingerprint density at radius 3 is 2.70 bits per heavy atom. The number of carbonyl (C=O) groups is 2. The number of likely N-dealkylation sites (tertiary alicyclic amines) is 1. The molecule has 0 aliphatic carbocycles. The van der Waals surface area contributed by atoms with E-state index in [9.17, 15) is 14.7 Å². The van der Waals surface area contributed by atoms with E-state index in [0.29, 0.717) is 28.4 Å². The monoisotopic (exact) mass is 367 g/mol. The van der Waals surface area contributed by atoms with Gasteiger partial charge in [0.15, 0.2) is 11.5 Å². The normalized spacial score (nSPS) is 20.2. The third-order valence-corrected chi connectivity index (χ3v) is 4.73. The molecule has 0 radical (unpaired) electrons. The van der Waals surface area contributed by atoms with E-state index < -0.39 is 17.7 Å². The zero-order valence-corrected chi connectivity index (χ0v) is 14.8. The molecule has 1 saturated heterocycles. The fraction of sp³-hybridized carbons (Fsp3) is 0.200. The summed E-state index contributed by atoms with van der Waals surface area (Å²) in [7, 11) is 3.07. The molecule has 2 heterocycles. The molecule has 4 rings (SSSR count). The molecule has 0 saturated carbocycles. The molecule has 2 aliphatic rings. The maximum Gasteiger partial charge on any atom is 0.295 e.